The number of carbonyl (C=O) groups is 1. The number of hydrazine groups is 1. The van der Waals surface area contributed by atoms with E-state index in [0.29, 0.717) is 41.5 Å². The minimum absolute atomic E-state index is 0.0378. The number of aliphatic hydroxyl groups is 1. The van der Waals surface area contributed by atoms with Crippen LogP contribution in [0.2, 0.25) is 0 Å². The number of nitrogens with one attached hydrogen (secondary N) is 2. The quantitative estimate of drug-likeness (QED) is 0.455. The molecule has 9 heteroatoms. The maximum absolute atomic E-state index is 13.9. The normalized spacial score (nSPS) is 21.2. The summed E-state index contributed by atoms with van der Waals surface area (Å²) in [5.41, 5.74) is 5.43. The van der Waals surface area contributed by atoms with Crippen LogP contribution in [-0.4, -0.2) is 45.2 Å². The summed E-state index contributed by atoms with van der Waals surface area (Å²) < 4.78 is 7.74. The van der Waals surface area contributed by atoms with Crippen LogP contribution in [0.5, 0.6) is 5.75 Å². The van der Waals surface area contributed by atoms with E-state index in [2.05, 4.69) is 22.4 Å². The van der Waals surface area contributed by atoms with Crippen LogP contribution in [0, 0.1) is 4.64 Å². The lowest BCUT2D eigenvalue weighted by Gasteiger charge is -2.29. The van der Waals surface area contributed by atoms with Gasteiger partial charge < -0.3 is 24.7 Å². The molecule has 1 amide bonds. The molecule has 2 unspecified atom stereocenters. The number of likely N-dealkylation sites (tertiary alicyclic amines) is 1. The maximum Gasteiger partial charge on any atom is 0.250 e. The molecule has 2 atom stereocenters. The van der Waals surface area contributed by atoms with Gasteiger partial charge in [-0.15, -0.1) is 0 Å². The lowest BCUT2D eigenvalue weighted by Crippen LogP contribution is -2.39. The van der Waals surface area contributed by atoms with Crippen molar-refractivity contribution in [2.75, 3.05) is 25.1 Å². The van der Waals surface area contributed by atoms with Gasteiger partial charge in [0.2, 0.25) is 5.91 Å². The lowest BCUT2D eigenvalue weighted by atomic mass is 10.0. The Kier molecular flexibility index (Phi) is 6.59. The smallest absolute Gasteiger partial charge is 0.250 e. The molecular weight excluding hydrogens is 426 g/mol. The summed E-state index contributed by atoms with van der Waals surface area (Å²) in [7, 11) is 0. The van der Waals surface area contributed by atoms with Gasteiger partial charge in [-0.1, -0.05) is 49.8 Å². The number of benzene rings is 1. The van der Waals surface area contributed by atoms with Gasteiger partial charge in [0.25, 0.3) is 0 Å². The highest BCUT2D eigenvalue weighted by Gasteiger charge is 2.37. The van der Waals surface area contributed by atoms with Gasteiger partial charge in [0.1, 0.15) is 23.0 Å². The van der Waals surface area contributed by atoms with Crippen LogP contribution in [0.4, 0.5) is 5.82 Å². The largest absolute Gasteiger partial charge is 0.490 e. The molecule has 2 aliphatic rings. The summed E-state index contributed by atoms with van der Waals surface area (Å²) in [6.45, 7) is 7.09. The van der Waals surface area contributed by atoms with Gasteiger partial charge >= 0.3 is 0 Å². The minimum atomic E-state index is -1.40. The van der Waals surface area contributed by atoms with Crippen molar-refractivity contribution in [2.24, 2.45) is 0 Å². The fraction of sp³-hybridized carbons (Fsp3) is 0.435. The standard InChI is InChI=1S/C23H29N5O3S/c1-3-13-31-17-10-8-9-16(14-17)19(21(29)27-11-6-4-5-7-12-27)28-15-24-20-18(22(28)32)23(2,30)26-25-20/h3,8-10,14-15,19,25-26,30H,1,4-7,11-13H2,2H3. The molecule has 1 aromatic carbocycles. The number of carbonyl (C=O) groups excluding carboxylic acids is 1. The fourth-order valence-corrected chi connectivity index (χ4v) is 4.69. The number of hydrogen-bond acceptors (Lipinski definition) is 7. The molecule has 32 heavy (non-hydrogen) atoms. The molecule has 0 spiro atoms. The third kappa shape index (κ3) is 4.41. The summed E-state index contributed by atoms with van der Waals surface area (Å²) in [5.74, 6) is 1.07. The van der Waals surface area contributed by atoms with Crippen molar-refractivity contribution >= 4 is 23.9 Å². The number of hydrogen-bond donors (Lipinski definition) is 3. The van der Waals surface area contributed by atoms with Crippen LogP contribution in [0.3, 0.4) is 0 Å². The first-order valence-electron chi connectivity index (χ1n) is 10.9. The molecule has 2 aromatic rings. The Hall–Kier alpha value is -2.75. The molecule has 0 saturated carbocycles. The molecule has 0 bridgehead atoms. The Morgan fingerprint density at radius 3 is 2.84 bits per heavy atom. The van der Waals surface area contributed by atoms with E-state index in [-0.39, 0.29) is 5.91 Å². The Morgan fingerprint density at radius 2 is 2.12 bits per heavy atom. The van der Waals surface area contributed by atoms with Gasteiger partial charge in [-0.3, -0.25) is 4.79 Å². The van der Waals surface area contributed by atoms with Crippen LogP contribution >= 0.6 is 12.2 Å². The highest BCUT2D eigenvalue weighted by atomic mass is 32.1. The second kappa shape index (κ2) is 9.40. The van der Waals surface area contributed by atoms with Crippen LogP contribution in [0.15, 0.2) is 43.2 Å². The zero-order chi connectivity index (χ0) is 22.7. The average Bonchev–Trinajstić information content (AvgIpc) is 2.95. The molecule has 3 N–H and O–H groups in total. The summed E-state index contributed by atoms with van der Waals surface area (Å²) in [6, 6.07) is 6.74. The van der Waals surface area contributed by atoms with Gasteiger partial charge in [0.05, 0.1) is 11.9 Å². The molecule has 4 rings (SSSR count). The second-order valence-electron chi connectivity index (χ2n) is 8.32. The van der Waals surface area contributed by atoms with Crippen molar-refractivity contribution in [1.82, 2.24) is 19.9 Å². The molecule has 0 radical (unpaired) electrons. The maximum atomic E-state index is 13.9. The molecule has 3 heterocycles. The molecular formula is C23H29N5O3S. The molecule has 0 aliphatic carbocycles. The highest BCUT2D eigenvalue weighted by molar-refractivity contribution is 7.71. The van der Waals surface area contributed by atoms with Crippen LogP contribution in [-0.2, 0) is 10.5 Å². The van der Waals surface area contributed by atoms with Crippen molar-refractivity contribution in [3.8, 4) is 5.75 Å². The van der Waals surface area contributed by atoms with E-state index in [1.54, 1.807) is 23.9 Å². The summed E-state index contributed by atoms with van der Waals surface area (Å²) in [6.07, 6.45) is 7.46. The fourth-order valence-electron chi connectivity index (χ4n) is 4.24. The van der Waals surface area contributed by atoms with E-state index in [4.69, 9.17) is 17.0 Å². The second-order valence-corrected chi connectivity index (χ2v) is 8.70. The van der Waals surface area contributed by atoms with Crippen molar-refractivity contribution in [1.29, 1.82) is 0 Å². The monoisotopic (exact) mass is 455 g/mol. The van der Waals surface area contributed by atoms with Gasteiger partial charge in [0, 0.05) is 13.1 Å². The van der Waals surface area contributed by atoms with E-state index >= 15 is 0 Å². The molecule has 8 nitrogen and oxygen atoms in total. The summed E-state index contributed by atoms with van der Waals surface area (Å²) in [4.78, 5) is 20.2. The van der Waals surface area contributed by atoms with Crippen LogP contribution in [0.25, 0.3) is 0 Å². The first kappa shape index (κ1) is 22.4. The molecule has 170 valence electrons. The van der Waals surface area contributed by atoms with Crippen molar-refractivity contribution < 1.29 is 14.6 Å². The minimum Gasteiger partial charge on any atom is -0.490 e. The lowest BCUT2D eigenvalue weighted by molar-refractivity contribution is -0.133. The number of rotatable bonds is 6. The van der Waals surface area contributed by atoms with Crippen molar-refractivity contribution in [2.45, 2.75) is 44.4 Å². The zero-order valence-corrected chi connectivity index (χ0v) is 19.0. The van der Waals surface area contributed by atoms with Gasteiger partial charge in [0.15, 0.2) is 11.5 Å². The van der Waals surface area contributed by atoms with Gasteiger partial charge in [-0.2, -0.15) is 0 Å². The number of ether oxygens (including phenoxy) is 1. The predicted octanol–water partition coefficient (Wildman–Crippen LogP) is 3.26. The Labute approximate surface area is 192 Å². The number of nitrogens with zero attached hydrogens (tertiary/aromatic N) is 3. The van der Waals surface area contributed by atoms with E-state index < -0.39 is 11.8 Å². The van der Waals surface area contributed by atoms with Crippen LogP contribution < -0.4 is 15.6 Å². The number of fused-ring (bicyclic) bond motifs is 1. The number of amides is 1. The highest BCUT2D eigenvalue weighted by Crippen LogP contribution is 2.33. The Balaban J connectivity index is 1.81. The van der Waals surface area contributed by atoms with E-state index in [0.717, 1.165) is 31.2 Å². The first-order chi connectivity index (χ1) is 15.4. The van der Waals surface area contributed by atoms with Gasteiger partial charge in [-0.25, -0.2) is 10.4 Å². The third-order valence-corrected chi connectivity index (χ3v) is 6.29. The summed E-state index contributed by atoms with van der Waals surface area (Å²) >= 11 is 5.76. The van der Waals surface area contributed by atoms with Gasteiger partial charge in [-0.05, 0) is 37.5 Å². The topological polar surface area (TPSA) is 91.7 Å². The predicted molar refractivity (Wildman–Crippen MR) is 125 cm³/mol. The third-order valence-electron chi connectivity index (χ3n) is 5.88. The van der Waals surface area contributed by atoms with E-state index in [1.807, 2.05) is 29.2 Å². The van der Waals surface area contributed by atoms with E-state index in [1.165, 1.54) is 0 Å². The zero-order valence-electron chi connectivity index (χ0n) is 18.2. The molecule has 1 saturated heterocycles. The molecule has 1 fully saturated rings. The number of aromatic nitrogens is 2. The molecule has 2 aliphatic heterocycles. The van der Waals surface area contributed by atoms with Crippen molar-refractivity contribution in [3.05, 3.63) is 59.0 Å². The van der Waals surface area contributed by atoms with Crippen LogP contribution in [0.1, 0.15) is 49.8 Å². The average molecular weight is 456 g/mol. The first-order valence-corrected chi connectivity index (χ1v) is 11.3. The Morgan fingerprint density at radius 1 is 1.38 bits per heavy atom. The molecule has 1 aromatic heterocycles. The summed E-state index contributed by atoms with van der Waals surface area (Å²) in [5, 5.41) is 10.8. The van der Waals surface area contributed by atoms with E-state index in [9.17, 15) is 9.90 Å². The SMILES string of the molecule is C=CCOc1cccc(C(C(=O)N2CCCCCC2)n2cnc3c(c2=S)C(C)(O)NN3)c1. The van der Waals surface area contributed by atoms with Crippen molar-refractivity contribution in [3.63, 3.8) is 0 Å². The Bertz CT molecular complexity index is 1060. The number of anilines is 1.